The normalized spacial score (nSPS) is 12.5. The van der Waals surface area contributed by atoms with Crippen LogP contribution in [0.3, 0.4) is 0 Å². The number of nitrogens with one attached hydrogen (secondary N) is 1. The predicted molar refractivity (Wildman–Crippen MR) is 132 cm³/mol. The molecule has 1 aliphatic rings. The molecule has 0 atom stereocenters. The van der Waals surface area contributed by atoms with Gasteiger partial charge in [-0.2, -0.15) is 0 Å². The zero-order valence-corrected chi connectivity index (χ0v) is 19.0. The number of H-pyrrole nitrogens is 1. The fourth-order valence-corrected chi connectivity index (χ4v) is 4.82. The number of carbonyl (C=O) groups excluding carboxylic acids is 1. The fourth-order valence-electron chi connectivity index (χ4n) is 4.82. The number of nitrogens with zero attached hydrogens (tertiary/aromatic N) is 2. The Balaban J connectivity index is 1.35. The maximum atomic E-state index is 13.9. The van der Waals surface area contributed by atoms with E-state index < -0.39 is 0 Å². The molecule has 1 N–H and O–H groups in total. The number of aromatic nitrogens is 2. The molecule has 0 radical (unpaired) electrons. The van der Waals surface area contributed by atoms with Crippen LogP contribution >= 0.6 is 0 Å². The summed E-state index contributed by atoms with van der Waals surface area (Å²) in [6, 6.07) is 24.1. The van der Waals surface area contributed by atoms with Gasteiger partial charge in [-0.1, -0.05) is 48.5 Å². The first-order valence-electron chi connectivity index (χ1n) is 11.5. The second-order valence-electron chi connectivity index (χ2n) is 8.63. The molecule has 0 saturated carbocycles. The van der Waals surface area contributed by atoms with Crippen LogP contribution in [0.2, 0.25) is 0 Å². The minimum atomic E-state index is -0.00457. The monoisotopic (exact) mass is 451 g/mol. The van der Waals surface area contributed by atoms with Crippen molar-refractivity contribution in [3.8, 4) is 11.5 Å². The fraction of sp³-hybridized carbons (Fsp3) is 0.179. The third-order valence-electron chi connectivity index (χ3n) is 6.62. The lowest BCUT2D eigenvalue weighted by Gasteiger charge is -2.24. The van der Waals surface area contributed by atoms with Crippen LogP contribution in [-0.2, 0) is 20.0 Å². The van der Waals surface area contributed by atoms with Crippen LogP contribution in [0.1, 0.15) is 21.6 Å². The number of aryl methyl sites for hydroxylation is 1. The number of hydrogen-bond acceptors (Lipinski definition) is 3. The van der Waals surface area contributed by atoms with Crippen LogP contribution in [-0.4, -0.2) is 33.7 Å². The van der Waals surface area contributed by atoms with Crippen molar-refractivity contribution in [1.82, 2.24) is 14.5 Å². The smallest absolute Gasteiger partial charge is 0.270 e. The van der Waals surface area contributed by atoms with Crippen LogP contribution in [0.4, 0.5) is 0 Å². The Morgan fingerprint density at radius 3 is 2.76 bits per heavy atom. The van der Waals surface area contributed by atoms with Crippen molar-refractivity contribution in [2.45, 2.75) is 13.0 Å². The number of benzene rings is 3. The number of rotatable bonds is 6. The van der Waals surface area contributed by atoms with Crippen molar-refractivity contribution >= 4 is 27.7 Å². The Kier molecular flexibility index (Phi) is 4.99. The van der Waals surface area contributed by atoms with Gasteiger partial charge < -0.3 is 23.9 Å². The molecule has 170 valence electrons. The van der Waals surface area contributed by atoms with Crippen LogP contribution in [0.25, 0.3) is 21.8 Å². The van der Waals surface area contributed by atoms with E-state index in [4.69, 9.17) is 9.47 Å². The number of amides is 1. The van der Waals surface area contributed by atoms with Crippen molar-refractivity contribution in [1.29, 1.82) is 0 Å². The maximum Gasteiger partial charge on any atom is 0.270 e. The van der Waals surface area contributed by atoms with Crippen LogP contribution in [0, 0.1) is 0 Å². The second kappa shape index (κ2) is 8.30. The Bertz CT molecular complexity index is 1510. The van der Waals surface area contributed by atoms with E-state index >= 15 is 0 Å². The molecule has 0 aliphatic carbocycles. The van der Waals surface area contributed by atoms with Gasteiger partial charge >= 0.3 is 0 Å². The number of para-hydroxylation sites is 3. The summed E-state index contributed by atoms with van der Waals surface area (Å²) in [6.07, 6.45) is 2.79. The highest BCUT2D eigenvalue weighted by Gasteiger charge is 2.24. The zero-order chi connectivity index (χ0) is 23.1. The second-order valence-corrected chi connectivity index (χ2v) is 8.63. The number of aromatic amines is 1. The van der Waals surface area contributed by atoms with Gasteiger partial charge in [-0.25, -0.2) is 0 Å². The topological polar surface area (TPSA) is 59.5 Å². The highest BCUT2D eigenvalue weighted by Crippen LogP contribution is 2.36. The molecule has 2 aromatic heterocycles. The molecule has 1 aliphatic heterocycles. The third-order valence-corrected chi connectivity index (χ3v) is 6.62. The lowest BCUT2D eigenvalue weighted by atomic mass is 10.1. The van der Waals surface area contributed by atoms with Gasteiger partial charge in [-0.15, -0.1) is 0 Å². The SMILES string of the molecule is Cn1c(C(=O)N(CCc2c[nH]c3ccccc23)Cc2cccc3c2OCO3)cc2ccccc21. The largest absolute Gasteiger partial charge is 0.454 e. The van der Waals surface area contributed by atoms with Gasteiger partial charge in [0.15, 0.2) is 11.5 Å². The number of hydrogen-bond donors (Lipinski definition) is 1. The van der Waals surface area contributed by atoms with Crippen molar-refractivity contribution in [2.24, 2.45) is 7.05 Å². The molecule has 0 saturated heterocycles. The first kappa shape index (κ1) is 20.4. The summed E-state index contributed by atoms with van der Waals surface area (Å²) in [4.78, 5) is 19.1. The molecule has 0 unspecified atom stereocenters. The zero-order valence-electron chi connectivity index (χ0n) is 19.0. The molecule has 5 aromatic rings. The van der Waals surface area contributed by atoms with Crippen molar-refractivity contribution in [2.75, 3.05) is 13.3 Å². The molecule has 3 heterocycles. The van der Waals surface area contributed by atoms with Crippen molar-refractivity contribution in [3.05, 3.63) is 95.8 Å². The molecule has 3 aromatic carbocycles. The quantitative estimate of drug-likeness (QED) is 0.382. The highest BCUT2D eigenvalue weighted by molar-refractivity contribution is 5.98. The van der Waals surface area contributed by atoms with Crippen LogP contribution in [0.5, 0.6) is 11.5 Å². The first-order chi connectivity index (χ1) is 16.7. The Morgan fingerprint density at radius 2 is 1.85 bits per heavy atom. The van der Waals surface area contributed by atoms with E-state index in [1.54, 1.807) is 0 Å². The summed E-state index contributed by atoms with van der Waals surface area (Å²) in [5.74, 6) is 1.45. The third kappa shape index (κ3) is 3.48. The molecule has 34 heavy (non-hydrogen) atoms. The summed E-state index contributed by atoms with van der Waals surface area (Å²) in [6.45, 7) is 1.22. The minimum absolute atomic E-state index is 0.00457. The standard InChI is InChI=1S/C28H25N3O3/c1-30-24-11-5-2-7-19(24)15-25(30)28(32)31(17-21-8-6-12-26-27(21)34-18-33-26)14-13-20-16-29-23-10-4-3-9-22(20)23/h2-12,15-16,29H,13-14,17-18H2,1H3. The Morgan fingerprint density at radius 1 is 1.00 bits per heavy atom. The van der Waals surface area contributed by atoms with E-state index in [1.165, 1.54) is 10.9 Å². The number of ether oxygens (including phenoxy) is 2. The van der Waals surface area contributed by atoms with Gasteiger partial charge in [-0.05, 0) is 36.2 Å². The molecular formula is C28H25N3O3. The van der Waals surface area contributed by atoms with Crippen LogP contribution < -0.4 is 9.47 Å². The summed E-state index contributed by atoms with van der Waals surface area (Å²) in [5, 5.41) is 2.25. The number of carbonyl (C=O) groups is 1. The molecule has 6 rings (SSSR count). The van der Waals surface area contributed by atoms with E-state index in [0.717, 1.165) is 39.9 Å². The minimum Gasteiger partial charge on any atom is -0.454 e. The van der Waals surface area contributed by atoms with E-state index in [1.807, 2.05) is 83.4 Å². The van der Waals surface area contributed by atoms with E-state index in [9.17, 15) is 4.79 Å². The molecule has 0 spiro atoms. The molecule has 1 amide bonds. The average Bonchev–Trinajstić information content (AvgIpc) is 3.59. The lowest BCUT2D eigenvalue weighted by molar-refractivity contribution is 0.0734. The highest BCUT2D eigenvalue weighted by atomic mass is 16.7. The van der Waals surface area contributed by atoms with Gasteiger partial charge in [0.25, 0.3) is 5.91 Å². The van der Waals surface area contributed by atoms with E-state index in [0.29, 0.717) is 18.8 Å². The predicted octanol–water partition coefficient (Wildman–Crippen LogP) is 5.27. The van der Waals surface area contributed by atoms with Gasteiger partial charge in [-0.3, -0.25) is 4.79 Å². The van der Waals surface area contributed by atoms with Crippen molar-refractivity contribution in [3.63, 3.8) is 0 Å². The Hall–Kier alpha value is -4.19. The molecule has 0 fully saturated rings. The summed E-state index contributed by atoms with van der Waals surface area (Å²) >= 11 is 0. The molecule has 6 nitrogen and oxygen atoms in total. The Labute approximate surface area is 197 Å². The van der Waals surface area contributed by atoms with Crippen LogP contribution in [0.15, 0.2) is 79.0 Å². The summed E-state index contributed by atoms with van der Waals surface area (Å²) in [7, 11) is 1.95. The molecule has 0 bridgehead atoms. The summed E-state index contributed by atoms with van der Waals surface area (Å²) < 4.78 is 13.3. The first-order valence-corrected chi connectivity index (χ1v) is 11.5. The van der Waals surface area contributed by atoms with E-state index in [-0.39, 0.29) is 12.7 Å². The maximum absolute atomic E-state index is 13.9. The van der Waals surface area contributed by atoms with Crippen molar-refractivity contribution < 1.29 is 14.3 Å². The summed E-state index contributed by atoms with van der Waals surface area (Å²) in [5.41, 5.74) is 4.96. The van der Waals surface area contributed by atoms with Gasteiger partial charge in [0.2, 0.25) is 6.79 Å². The van der Waals surface area contributed by atoms with Gasteiger partial charge in [0.05, 0.1) is 0 Å². The average molecular weight is 452 g/mol. The lowest BCUT2D eigenvalue weighted by Crippen LogP contribution is -2.33. The van der Waals surface area contributed by atoms with Gasteiger partial charge in [0, 0.05) is 53.7 Å². The van der Waals surface area contributed by atoms with Gasteiger partial charge in [0.1, 0.15) is 5.69 Å². The molecular weight excluding hydrogens is 426 g/mol. The van der Waals surface area contributed by atoms with E-state index in [2.05, 4.69) is 17.1 Å². The number of fused-ring (bicyclic) bond motifs is 3. The molecule has 6 heteroatoms.